The Kier molecular flexibility index (Phi) is 4.12. The summed E-state index contributed by atoms with van der Waals surface area (Å²) < 4.78 is 2.44. The van der Waals surface area contributed by atoms with Gasteiger partial charge in [0.1, 0.15) is 4.83 Å². The first-order valence-electron chi connectivity index (χ1n) is 4.55. The number of halogens is 4. The lowest BCUT2D eigenvalue weighted by Gasteiger charge is -2.15. The highest BCUT2D eigenvalue weighted by atomic mass is 79.9. The lowest BCUT2D eigenvalue weighted by molar-refractivity contribution is -0.125. The molecular weight excluding hydrogens is 486 g/mol. The van der Waals surface area contributed by atoms with Gasteiger partial charge in [-0.25, -0.2) is 0 Å². The second kappa shape index (κ2) is 5.11. The van der Waals surface area contributed by atoms with Gasteiger partial charge in [-0.05, 0) is 17.7 Å². The first-order valence-corrected chi connectivity index (χ1v) is 7.84. The Morgan fingerprint density at radius 3 is 1.94 bits per heavy atom. The number of alkyl halides is 1. The van der Waals surface area contributed by atoms with Crippen LogP contribution in [0.2, 0.25) is 0 Å². The molecule has 1 heterocycles. The van der Waals surface area contributed by atoms with E-state index in [1.165, 1.54) is 0 Å². The molecule has 90 valence electrons. The van der Waals surface area contributed by atoms with Crippen LogP contribution in [-0.4, -0.2) is 16.6 Å². The monoisotopic (exact) mass is 487 g/mol. The second-order valence-electron chi connectivity index (χ2n) is 3.52. The molecule has 2 unspecified atom stereocenters. The Bertz CT molecular complexity index is 494. The number of imide groups is 1. The number of hydrogen-bond donors (Lipinski definition) is 1. The number of rotatable bonds is 1. The van der Waals surface area contributed by atoms with Gasteiger partial charge in [0.25, 0.3) is 0 Å². The van der Waals surface area contributed by atoms with Gasteiger partial charge in [0.05, 0.1) is 5.92 Å². The zero-order valence-electron chi connectivity index (χ0n) is 8.14. The number of carbonyl (C=O) groups is 2. The van der Waals surface area contributed by atoms with Crippen molar-refractivity contribution in [1.29, 1.82) is 0 Å². The van der Waals surface area contributed by atoms with Crippen LogP contribution in [0.3, 0.4) is 0 Å². The SMILES string of the molecule is O=C1NC(=O)C(c2c(Br)cc(Br)cc2Br)C1Br. The third kappa shape index (κ3) is 2.52. The summed E-state index contributed by atoms with van der Waals surface area (Å²) >= 11 is 13.4. The van der Waals surface area contributed by atoms with Crippen LogP contribution in [0.25, 0.3) is 0 Å². The van der Waals surface area contributed by atoms with E-state index in [2.05, 4.69) is 69.0 Å². The summed E-state index contributed by atoms with van der Waals surface area (Å²) in [6.07, 6.45) is 0. The highest BCUT2D eigenvalue weighted by Gasteiger charge is 2.42. The van der Waals surface area contributed by atoms with Crippen molar-refractivity contribution in [2.75, 3.05) is 0 Å². The molecule has 2 rings (SSSR count). The van der Waals surface area contributed by atoms with E-state index in [1.807, 2.05) is 12.1 Å². The molecule has 7 heteroatoms. The molecule has 0 radical (unpaired) electrons. The van der Waals surface area contributed by atoms with Gasteiger partial charge in [-0.2, -0.15) is 0 Å². The van der Waals surface area contributed by atoms with Crippen molar-refractivity contribution in [3.63, 3.8) is 0 Å². The van der Waals surface area contributed by atoms with Crippen LogP contribution in [0.15, 0.2) is 25.6 Å². The number of amides is 2. The van der Waals surface area contributed by atoms with Crippen molar-refractivity contribution in [2.45, 2.75) is 10.7 Å². The van der Waals surface area contributed by atoms with Gasteiger partial charge in [0, 0.05) is 13.4 Å². The molecule has 0 aliphatic carbocycles. The number of benzene rings is 1. The van der Waals surface area contributed by atoms with Crippen LogP contribution in [0, 0.1) is 0 Å². The van der Waals surface area contributed by atoms with Crippen LogP contribution in [0.5, 0.6) is 0 Å². The third-order valence-electron chi connectivity index (χ3n) is 2.43. The minimum atomic E-state index is -0.538. The maximum absolute atomic E-state index is 11.8. The van der Waals surface area contributed by atoms with Gasteiger partial charge in [-0.3, -0.25) is 14.9 Å². The molecule has 1 aliphatic rings. The average Bonchev–Trinajstić information content (AvgIpc) is 2.43. The molecule has 0 saturated carbocycles. The van der Waals surface area contributed by atoms with E-state index in [-0.39, 0.29) is 11.8 Å². The van der Waals surface area contributed by atoms with Gasteiger partial charge < -0.3 is 0 Å². The van der Waals surface area contributed by atoms with E-state index in [0.29, 0.717) is 0 Å². The van der Waals surface area contributed by atoms with Crippen LogP contribution in [-0.2, 0) is 9.59 Å². The summed E-state index contributed by atoms with van der Waals surface area (Å²) in [5.74, 6) is -1.12. The topological polar surface area (TPSA) is 46.2 Å². The maximum Gasteiger partial charge on any atom is 0.241 e. The summed E-state index contributed by atoms with van der Waals surface area (Å²) in [7, 11) is 0. The van der Waals surface area contributed by atoms with Crippen molar-refractivity contribution >= 4 is 75.5 Å². The summed E-state index contributed by atoms with van der Waals surface area (Å²) in [6, 6.07) is 3.69. The molecule has 0 spiro atoms. The van der Waals surface area contributed by atoms with Crippen molar-refractivity contribution in [2.24, 2.45) is 0 Å². The fourth-order valence-electron chi connectivity index (χ4n) is 1.68. The van der Waals surface area contributed by atoms with Crippen LogP contribution < -0.4 is 5.32 Å². The largest absolute Gasteiger partial charge is 0.295 e. The number of nitrogens with one attached hydrogen (secondary N) is 1. The molecule has 1 aromatic carbocycles. The summed E-state index contributed by atoms with van der Waals surface area (Å²) in [5, 5.41) is 2.31. The zero-order valence-corrected chi connectivity index (χ0v) is 14.5. The van der Waals surface area contributed by atoms with E-state index >= 15 is 0 Å². The van der Waals surface area contributed by atoms with E-state index in [9.17, 15) is 9.59 Å². The highest BCUT2D eigenvalue weighted by Crippen LogP contribution is 2.40. The van der Waals surface area contributed by atoms with E-state index in [4.69, 9.17) is 0 Å². The van der Waals surface area contributed by atoms with Gasteiger partial charge in [-0.15, -0.1) is 0 Å². The first kappa shape index (κ1) is 13.7. The molecule has 1 aliphatic heterocycles. The molecule has 0 bridgehead atoms. The summed E-state index contributed by atoms with van der Waals surface area (Å²) in [6.45, 7) is 0. The molecule has 1 fully saturated rings. The van der Waals surface area contributed by atoms with Crippen LogP contribution in [0.4, 0.5) is 0 Å². The molecule has 1 aromatic rings. The Hall–Kier alpha value is 0.280. The van der Waals surface area contributed by atoms with Crippen LogP contribution >= 0.6 is 63.7 Å². The van der Waals surface area contributed by atoms with Crippen LogP contribution in [0.1, 0.15) is 11.5 Å². The van der Waals surface area contributed by atoms with Crippen molar-refractivity contribution in [3.05, 3.63) is 31.1 Å². The lowest BCUT2D eigenvalue weighted by Crippen LogP contribution is -2.22. The molecule has 17 heavy (non-hydrogen) atoms. The van der Waals surface area contributed by atoms with E-state index in [0.717, 1.165) is 19.0 Å². The predicted molar refractivity (Wildman–Crippen MR) is 78.1 cm³/mol. The Morgan fingerprint density at radius 1 is 1.00 bits per heavy atom. The Balaban J connectivity index is 2.54. The summed E-state index contributed by atoms with van der Waals surface area (Å²) in [5.41, 5.74) is 0.762. The Labute approximate surface area is 131 Å². The predicted octanol–water partition coefficient (Wildman–Crippen LogP) is 3.48. The standard InChI is InChI=1S/C10H5Br4NO2/c11-3-1-4(12)6(5(13)2-3)7-8(14)10(17)15-9(7)16/h1-2,7-8H,(H,15,16,17). The van der Waals surface area contributed by atoms with Gasteiger partial charge in [-0.1, -0.05) is 63.7 Å². The van der Waals surface area contributed by atoms with Gasteiger partial charge >= 0.3 is 0 Å². The van der Waals surface area contributed by atoms with E-state index < -0.39 is 10.7 Å². The quantitative estimate of drug-likeness (QED) is 0.484. The average molecular weight is 491 g/mol. The molecule has 2 amide bonds. The molecule has 1 saturated heterocycles. The highest BCUT2D eigenvalue weighted by molar-refractivity contribution is 9.11. The van der Waals surface area contributed by atoms with Gasteiger partial charge in [0.15, 0.2) is 0 Å². The van der Waals surface area contributed by atoms with Crippen molar-refractivity contribution in [1.82, 2.24) is 5.32 Å². The zero-order chi connectivity index (χ0) is 12.7. The maximum atomic E-state index is 11.8. The molecule has 2 atom stereocenters. The third-order valence-corrected chi connectivity index (χ3v) is 5.14. The lowest BCUT2D eigenvalue weighted by atomic mass is 9.97. The molecular formula is C10H5Br4NO2. The Morgan fingerprint density at radius 2 is 1.53 bits per heavy atom. The number of carbonyl (C=O) groups excluding carboxylic acids is 2. The van der Waals surface area contributed by atoms with E-state index in [1.54, 1.807) is 0 Å². The molecule has 1 N–H and O–H groups in total. The number of hydrogen-bond acceptors (Lipinski definition) is 2. The minimum Gasteiger partial charge on any atom is -0.295 e. The van der Waals surface area contributed by atoms with Crippen molar-refractivity contribution < 1.29 is 9.59 Å². The van der Waals surface area contributed by atoms with Gasteiger partial charge in [0.2, 0.25) is 11.8 Å². The first-order chi connectivity index (χ1) is 7.91. The normalized spacial score (nSPS) is 24.0. The smallest absolute Gasteiger partial charge is 0.241 e. The molecule has 3 nitrogen and oxygen atoms in total. The fraction of sp³-hybridized carbons (Fsp3) is 0.200. The minimum absolute atomic E-state index is 0.291. The fourth-order valence-corrected chi connectivity index (χ4v) is 5.05. The second-order valence-corrected chi connectivity index (χ2v) is 7.13. The molecule has 0 aromatic heterocycles. The van der Waals surface area contributed by atoms with Crippen molar-refractivity contribution in [3.8, 4) is 0 Å². The summed E-state index contributed by atoms with van der Waals surface area (Å²) in [4.78, 5) is 22.7.